The third-order valence-electron chi connectivity index (χ3n) is 10.8. The fraction of sp³-hybridized carbons (Fsp3) is 0.100. The zero-order chi connectivity index (χ0) is 38.1. The van der Waals surface area contributed by atoms with E-state index < -0.39 is 5.50 Å². The van der Waals surface area contributed by atoms with E-state index in [4.69, 9.17) is 16.6 Å². The molecule has 8 aromatic carbocycles. The Morgan fingerprint density at radius 3 is 1.84 bits per heavy atom. The Balaban J connectivity index is 0.000000933. The standard InChI is InChI=1S/C46H26ClN3S2.2C2H6/c47-45-39(49-46-40(48-45)33-15-7-8-16-36(33)51-46)27-17-21-28(22-18-27)50-41-29-11-3-1-9-25(29)19-23-34(41)37-31-13-5-6-14-32(31)38-35-24-20-26-10-2-4-12-30(26)43(35)52-44(38)42(37)50;2*1-2/h1-24,45,48H;2*1-2H3. The van der Waals surface area contributed by atoms with Gasteiger partial charge in [0.1, 0.15) is 10.5 Å². The van der Waals surface area contributed by atoms with Crippen molar-refractivity contribution >= 4 is 135 Å². The Kier molecular flexibility index (Phi) is 8.55. The lowest BCUT2D eigenvalue weighted by Gasteiger charge is -2.21. The Hall–Kier alpha value is -5.72. The van der Waals surface area contributed by atoms with Gasteiger partial charge in [0.05, 0.1) is 27.1 Å². The maximum absolute atomic E-state index is 7.02. The van der Waals surface area contributed by atoms with Gasteiger partial charge < -0.3 is 9.88 Å². The lowest BCUT2D eigenvalue weighted by Crippen LogP contribution is -2.26. The predicted octanol–water partition coefficient (Wildman–Crippen LogP) is 16.0. The van der Waals surface area contributed by atoms with Gasteiger partial charge >= 0.3 is 0 Å². The molecule has 0 bridgehead atoms. The van der Waals surface area contributed by atoms with Crippen LogP contribution >= 0.6 is 34.3 Å². The zero-order valence-corrected chi connectivity index (χ0v) is 33.9. The molecular weight excluding hydrogens is 742 g/mol. The zero-order valence-electron chi connectivity index (χ0n) is 31.5. The van der Waals surface area contributed by atoms with Crippen LogP contribution in [-0.4, -0.2) is 15.8 Å². The number of anilines is 1. The van der Waals surface area contributed by atoms with Crippen molar-refractivity contribution in [3.05, 3.63) is 151 Å². The minimum absolute atomic E-state index is 0.437. The average Bonchev–Trinajstić information content (AvgIpc) is 3.95. The second-order valence-electron chi connectivity index (χ2n) is 13.6. The number of aliphatic imine (C=N–C) groups is 1. The van der Waals surface area contributed by atoms with Crippen molar-refractivity contribution in [1.29, 1.82) is 0 Å². The Morgan fingerprint density at radius 2 is 1.11 bits per heavy atom. The monoisotopic (exact) mass is 779 g/mol. The predicted molar refractivity (Wildman–Crippen MR) is 250 cm³/mol. The van der Waals surface area contributed by atoms with E-state index in [9.17, 15) is 0 Å². The van der Waals surface area contributed by atoms with E-state index >= 15 is 0 Å². The summed E-state index contributed by atoms with van der Waals surface area (Å²) in [4.78, 5) is 5.13. The van der Waals surface area contributed by atoms with E-state index in [1.165, 1.54) is 79.0 Å². The average molecular weight is 780 g/mol. The number of hydrogen-bond acceptors (Lipinski definition) is 4. The maximum atomic E-state index is 7.02. The SMILES string of the molecule is CC.CC.ClC1Nc2c(sc3ccccc23)N=C1c1ccc(-n2c3c4ccccc4ccc3c3c4ccccc4c4c5ccc6ccccc6c5sc4c32)cc1. The molecule has 11 aromatic rings. The highest BCUT2D eigenvalue weighted by molar-refractivity contribution is 7.27. The highest BCUT2D eigenvalue weighted by atomic mass is 35.5. The molecule has 1 atom stereocenters. The van der Waals surface area contributed by atoms with Gasteiger partial charge in [-0.05, 0) is 50.7 Å². The van der Waals surface area contributed by atoms with E-state index in [1.807, 2.05) is 39.0 Å². The molecule has 1 unspecified atom stereocenters. The Bertz CT molecular complexity index is 3350. The summed E-state index contributed by atoms with van der Waals surface area (Å²) in [6.45, 7) is 8.00. The van der Waals surface area contributed by atoms with Gasteiger partial charge in [-0.25, -0.2) is 4.99 Å². The van der Waals surface area contributed by atoms with Gasteiger partial charge in [-0.3, -0.25) is 0 Å². The fourth-order valence-electron chi connectivity index (χ4n) is 8.58. The van der Waals surface area contributed by atoms with Crippen LogP contribution in [0.1, 0.15) is 33.3 Å². The molecule has 3 nitrogen and oxygen atoms in total. The van der Waals surface area contributed by atoms with Gasteiger partial charge in [-0.2, -0.15) is 0 Å². The third-order valence-corrected chi connectivity index (χ3v) is 13.5. The van der Waals surface area contributed by atoms with Gasteiger partial charge in [0, 0.05) is 47.4 Å². The fourth-order valence-corrected chi connectivity index (χ4v) is 11.3. The Morgan fingerprint density at radius 1 is 0.518 bits per heavy atom. The summed E-state index contributed by atoms with van der Waals surface area (Å²) in [6, 6.07) is 53.0. The molecule has 3 aromatic heterocycles. The molecule has 4 heterocycles. The van der Waals surface area contributed by atoms with Crippen molar-refractivity contribution in [2.75, 3.05) is 5.32 Å². The minimum Gasteiger partial charge on any atom is -0.361 e. The molecule has 1 N–H and O–H groups in total. The molecule has 6 heteroatoms. The van der Waals surface area contributed by atoms with Crippen molar-refractivity contribution in [3.63, 3.8) is 0 Å². The molecule has 0 aliphatic carbocycles. The molecule has 0 amide bonds. The van der Waals surface area contributed by atoms with Crippen molar-refractivity contribution < 1.29 is 0 Å². The first kappa shape index (κ1) is 34.7. The molecular formula is C50H38ClN3S2. The van der Waals surface area contributed by atoms with Crippen molar-refractivity contribution in [2.45, 2.75) is 33.2 Å². The molecule has 0 fully saturated rings. The number of thiophene rings is 2. The minimum atomic E-state index is -0.437. The van der Waals surface area contributed by atoms with Crippen LogP contribution < -0.4 is 5.32 Å². The number of nitrogens with zero attached hydrogens (tertiary/aromatic N) is 2. The second kappa shape index (κ2) is 13.8. The molecule has 0 radical (unpaired) electrons. The van der Waals surface area contributed by atoms with Gasteiger partial charge in [0.15, 0.2) is 0 Å². The molecule has 12 rings (SSSR count). The molecule has 0 spiro atoms. The van der Waals surface area contributed by atoms with E-state index in [0.717, 1.165) is 33.0 Å². The Labute approximate surface area is 338 Å². The van der Waals surface area contributed by atoms with Gasteiger partial charge in [0.2, 0.25) is 0 Å². The number of alkyl halides is 1. The molecule has 0 saturated heterocycles. The normalized spacial score (nSPS) is 13.9. The lowest BCUT2D eigenvalue weighted by molar-refractivity contribution is 1.19. The van der Waals surface area contributed by atoms with Crippen molar-refractivity contribution in [1.82, 2.24) is 4.57 Å². The van der Waals surface area contributed by atoms with Crippen LogP contribution in [0, 0.1) is 0 Å². The second-order valence-corrected chi connectivity index (χ2v) is 16.1. The van der Waals surface area contributed by atoms with Crippen LogP contribution in [0.5, 0.6) is 0 Å². The van der Waals surface area contributed by atoms with Crippen LogP contribution in [0.15, 0.2) is 151 Å². The summed E-state index contributed by atoms with van der Waals surface area (Å²) in [6.07, 6.45) is 0. The van der Waals surface area contributed by atoms with Crippen molar-refractivity contribution in [3.8, 4) is 5.69 Å². The van der Waals surface area contributed by atoms with E-state index in [0.29, 0.717) is 0 Å². The first-order valence-electron chi connectivity index (χ1n) is 19.4. The van der Waals surface area contributed by atoms with Crippen molar-refractivity contribution in [2.24, 2.45) is 4.99 Å². The summed E-state index contributed by atoms with van der Waals surface area (Å²) < 4.78 is 6.37. The first-order valence-corrected chi connectivity index (χ1v) is 21.5. The van der Waals surface area contributed by atoms with Gasteiger partial charge in [0.25, 0.3) is 0 Å². The quantitative estimate of drug-likeness (QED) is 0.137. The summed E-state index contributed by atoms with van der Waals surface area (Å²) in [5.74, 6) is 0. The lowest BCUT2D eigenvalue weighted by atomic mass is 9.97. The maximum Gasteiger partial charge on any atom is 0.145 e. The van der Waals surface area contributed by atoms with Gasteiger partial charge in [-0.15, -0.1) is 22.7 Å². The number of hydrogen-bond donors (Lipinski definition) is 1. The summed E-state index contributed by atoms with van der Waals surface area (Å²) >= 11 is 10.6. The number of halogens is 1. The van der Waals surface area contributed by atoms with Crippen LogP contribution in [0.25, 0.3) is 90.1 Å². The van der Waals surface area contributed by atoms with E-state index in [2.05, 4.69) is 155 Å². The number of aromatic nitrogens is 1. The number of benzene rings is 8. The topological polar surface area (TPSA) is 29.3 Å². The summed E-state index contributed by atoms with van der Waals surface area (Å²) in [7, 11) is 0. The molecule has 1 aliphatic rings. The highest BCUT2D eigenvalue weighted by Crippen LogP contribution is 2.50. The third kappa shape index (κ3) is 5.04. The number of fused-ring (bicyclic) bond motifs is 17. The number of rotatable bonds is 2. The van der Waals surface area contributed by atoms with Crippen LogP contribution in [0.3, 0.4) is 0 Å². The molecule has 56 heavy (non-hydrogen) atoms. The largest absolute Gasteiger partial charge is 0.361 e. The summed E-state index contributed by atoms with van der Waals surface area (Å²) in [5.41, 5.74) is 6.01. The van der Waals surface area contributed by atoms with Gasteiger partial charge in [-0.1, -0.05) is 167 Å². The van der Waals surface area contributed by atoms with E-state index in [-0.39, 0.29) is 0 Å². The van der Waals surface area contributed by atoms with Crippen LogP contribution in [0.2, 0.25) is 0 Å². The number of nitrogens with one attached hydrogen (secondary N) is 1. The molecule has 272 valence electrons. The van der Waals surface area contributed by atoms with Crippen LogP contribution in [0.4, 0.5) is 10.7 Å². The van der Waals surface area contributed by atoms with Crippen LogP contribution in [-0.2, 0) is 0 Å². The van der Waals surface area contributed by atoms with E-state index in [1.54, 1.807) is 11.3 Å². The highest BCUT2D eigenvalue weighted by Gasteiger charge is 2.27. The first-order chi connectivity index (χ1) is 27.7. The molecule has 0 saturated carbocycles. The molecule has 1 aliphatic heterocycles. The summed E-state index contributed by atoms with van der Waals surface area (Å²) in [5, 5.41) is 18.5. The smallest absolute Gasteiger partial charge is 0.145 e.